The molecule has 12 heteroatoms. The third kappa shape index (κ3) is 18.3. The summed E-state index contributed by atoms with van der Waals surface area (Å²) in [5.74, 6) is -2.17. The van der Waals surface area contributed by atoms with E-state index in [1.165, 1.54) is 0 Å². The van der Waals surface area contributed by atoms with Crippen LogP contribution in [-0.2, 0) is 39.8 Å². The number of hydrogen-bond donors (Lipinski definition) is 4. The van der Waals surface area contributed by atoms with E-state index in [9.17, 15) is 24.0 Å². The fraction of sp³-hybridized carbons (Fsp3) is 0.676. The summed E-state index contributed by atoms with van der Waals surface area (Å²) in [6.45, 7) is 17.7. The van der Waals surface area contributed by atoms with Crippen molar-refractivity contribution < 1.29 is 38.2 Å². The number of carbonyl (C=O) groups is 5. The quantitative estimate of drug-likeness (QED) is 0.124. The van der Waals surface area contributed by atoms with Gasteiger partial charge in [-0.2, -0.15) is 0 Å². The van der Waals surface area contributed by atoms with E-state index in [0.717, 1.165) is 11.1 Å². The zero-order valence-electron chi connectivity index (χ0n) is 29.3. The molecule has 0 aliphatic rings. The molecule has 3 amide bonds. The number of ether oxygens (including phenoxy) is 3. The summed E-state index contributed by atoms with van der Waals surface area (Å²) in [6.07, 6.45) is 1.39. The predicted octanol–water partition coefficient (Wildman–Crippen LogP) is 3.99. The molecule has 0 saturated carbocycles. The number of aryl methyl sites for hydroxylation is 1. The van der Waals surface area contributed by atoms with Crippen molar-refractivity contribution in [3.63, 3.8) is 0 Å². The predicted molar refractivity (Wildman–Crippen MR) is 176 cm³/mol. The van der Waals surface area contributed by atoms with Gasteiger partial charge in [-0.1, -0.05) is 29.8 Å². The van der Waals surface area contributed by atoms with Crippen molar-refractivity contribution in [3.8, 4) is 0 Å². The van der Waals surface area contributed by atoms with Crippen molar-refractivity contribution >= 4 is 29.8 Å². The van der Waals surface area contributed by atoms with Gasteiger partial charge in [-0.25, -0.2) is 14.4 Å². The van der Waals surface area contributed by atoms with Gasteiger partial charge in [-0.3, -0.25) is 9.59 Å². The van der Waals surface area contributed by atoms with E-state index in [0.29, 0.717) is 25.8 Å². The van der Waals surface area contributed by atoms with Crippen molar-refractivity contribution in [2.24, 2.45) is 5.73 Å². The second-order valence-electron chi connectivity index (χ2n) is 14.5. The average Bonchev–Trinajstić information content (AvgIpc) is 2.86. The molecule has 0 saturated heterocycles. The topological polar surface area (TPSA) is 175 Å². The molecule has 3 atom stereocenters. The Morgan fingerprint density at radius 2 is 1.28 bits per heavy atom. The Bertz CT molecular complexity index is 1180. The fourth-order valence-electron chi connectivity index (χ4n) is 4.26. The zero-order chi connectivity index (χ0) is 35.3. The second kappa shape index (κ2) is 17.9. The van der Waals surface area contributed by atoms with Crippen LogP contribution in [0.5, 0.6) is 0 Å². The average molecular weight is 649 g/mol. The van der Waals surface area contributed by atoms with Gasteiger partial charge in [0.25, 0.3) is 0 Å². The maximum Gasteiger partial charge on any atom is 0.329 e. The summed E-state index contributed by atoms with van der Waals surface area (Å²) in [5.41, 5.74) is 5.81. The highest BCUT2D eigenvalue weighted by molar-refractivity contribution is 5.87. The minimum atomic E-state index is -1.18. The van der Waals surface area contributed by atoms with Gasteiger partial charge in [0.15, 0.2) is 0 Å². The van der Waals surface area contributed by atoms with E-state index in [1.54, 1.807) is 62.3 Å². The lowest BCUT2D eigenvalue weighted by Crippen LogP contribution is -2.53. The highest BCUT2D eigenvalue weighted by Crippen LogP contribution is 2.15. The number of nitrogens with one attached hydrogen (secondary N) is 3. The standard InChI is InChI=1S/C34H56N4O8/c1-22-14-13-15-23(20-22)21-24(35)28(40)36-19-12-11-16-25(29(41)45-33(5,6)7)37-31(43)38-26(30(42)46-34(8,9)10)17-18-27(39)44-32(2,3)4/h13-15,20,24-26H,11-12,16-19,21,35H2,1-10H3,(H,36,40)(H2,37,38,43)/t24-,25-,26-/m0/s1. The van der Waals surface area contributed by atoms with Crippen molar-refractivity contribution in [2.45, 2.75) is 143 Å². The van der Waals surface area contributed by atoms with Crippen molar-refractivity contribution in [1.29, 1.82) is 0 Å². The third-order valence-corrected chi connectivity index (χ3v) is 6.14. The van der Waals surface area contributed by atoms with Crippen LogP contribution in [0.1, 0.15) is 106 Å². The molecule has 0 aliphatic carbocycles. The lowest BCUT2D eigenvalue weighted by molar-refractivity contribution is -0.159. The van der Waals surface area contributed by atoms with Gasteiger partial charge in [0.05, 0.1) is 6.04 Å². The third-order valence-electron chi connectivity index (χ3n) is 6.14. The Kier molecular flexibility index (Phi) is 15.7. The first kappa shape index (κ1) is 40.4. The minimum Gasteiger partial charge on any atom is -0.460 e. The maximum absolute atomic E-state index is 13.1. The molecule has 260 valence electrons. The largest absolute Gasteiger partial charge is 0.460 e. The van der Waals surface area contributed by atoms with E-state index in [1.807, 2.05) is 31.2 Å². The Labute approximate surface area is 274 Å². The van der Waals surface area contributed by atoms with Crippen molar-refractivity contribution in [1.82, 2.24) is 16.0 Å². The van der Waals surface area contributed by atoms with E-state index < -0.39 is 58.9 Å². The van der Waals surface area contributed by atoms with Gasteiger partial charge in [0.2, 0.25) is 5.91 Å². The van der Waals surface area contributed by atoms with Gasteiger partial charge >= 0.3 is 23.9 Å². The van der Waals surface area contributed by atoms with Crippen LogP contribution in [0, 0.1) is 6.92 Å². The van der Waals surface area contributed by atoms with Crippen molar-refractivity contribution in [2.75, 3.05) is 6.54 Å². The Morgan fingerprint density at radius 3 is 1.78 bits per heavy atom. The summed E-state index contributed by atoms with van der Waals surface area (Å²) in [5, 5.41) is 7.98. The number of benzene rings is 1. The number of amides is 3. The van der Waals surface area contributed by atoms with Crippen LogP contribution in [-0.4, -0.2) is 71.3 Å². The lowest BCUT2D eigenvalue weighted by Gasteiger charge is -2.27. The molecule has 0 unspecified atom stereocenters. The first-order valence-corrected chi connectivity index (χ1v) is 15.9. The van der Waals surface area contributed by atoms with Gasteiger partial charge in [0.1, 0.15) is 28.9 Å². The van der Waals surface area contributed by atoms with E-state index in [2.05, 4.69) is 16.0 Å². The molecule has 1 rings (SSSR count). The molecule has 1 aromatic carbocycles. The molecule has 1 aromatic rings. The highest BCUT2D eigenvalue weighted by atomic mass is 16.6. The lowest BCUT2D eigenvalue weighted by atomic mass is 10.0. The van der Waals surface area contributed by atoms with Crippen LogP contribution in [0.4, 0.5) is 4.79 Å². The molecule has 0 radical (unpaired) electrons. The Balaban J connectivity index is 2.82. The summed E-state index contributed by atoms with van der Waals surface area (Å²) >= 11 is 0. The molecular weight excluding hydrogens is 592 g/mol. The van der Waals surface area contributed by atoms with Crippen LogP contribution >= 0.6 is 0 Å². The van der Waals surface area contributed by atoms with E-state index in [4.69, 9.17) is 19.9 Å². The monoisotopic (exact) mass is 648 g/mol. The minimum absolute atomic E-state index is 0.0694. The van der Waals surface area contributed by atoms with Crippen LogP contribution in [0.15, 0.2) is 24.3 Å². The summed E-state index contributed by atoms with van der Waals surface area (Å²) < 4.78 is 16.3. The van der Waals surface area contributed by atoms with Gasteiger partial charge < -0.3 is 35.9 Å². The Morgan fingerprint density at radius 1 is 0.761 bits per heavy atom. The first-order chi connectivity index (χ1) is 21.0. The molecule has 0 fully saturated rings. The summed E-state index contributed by atoms with van der Waals surface area (Å²) in [7, 11) is 0. The van der Waals surface area contributed by atoms with Gasteiger partial charge in [0, 0.05) is 13.0 Å². The van der Waals surface area contributed by atoms with Crippen molar-refractivity contribution in [3.05, 3.63) is 35.4 Å². The number of carbonyl (C=O) groups excluding carboxylic acids is 5. The van der Waals surface area contributed by atoms with E-state index >= 15 is 0 Å². The molecule has 0 bridgehead atoms. The smallest absolute Gasteiger partial charge is 0.329 e. The number of unbranched alkanes of at least 4 members (excludes halogenated alkanes) is 1. The molecule has 0 aromatic heterocycles. The first-order valence-electron chi connectivity index (χ1n) is 15.9. The van der Waals surface area contributed by atoms with E-state index in [-0.39, 0.29) is 25.2 Å². The van der Waals surface area contributed by atoms with Crippen LogP contribution < -0.4 is 21.7 Å². The zero-order valence-corrected chi connectivity index (χ0v) is 29.3. The molecule has 0 aliphatic heterocycles. The molecule has 0 spiro atoms. The molecule has 12 nitrogen and oxygen atoms in total. The Hall–Kier alpha value is -3.67. The fourth-order valence-corrected chi connectivity index (χ4v) is 4.26. The summed E-state index contributed by atoms with van der Waals surface area (Å²) in [6, 6.07) is 4.10. The van der Waals surface area contributed by atoms with Gasteiger partial charge in [-0.05, 0) is 107 Å². The highest BCUT2D eigenvalue weighted by Gasteiger charge is 2.31. The van der Waals surface area contributed by atoms with Gasteiger partial charge in [-0.15, -0.1) is 0 Å². The SMILES string of the molecule is Cc1cccc(C[C@H](N)C(=O)NCCCC[C@H](NC(=O)N[C@@H](CCC(=O)OC(C)(C)C)C(=O)OC(C)(C)C)C(=O)OC(C)(C)C)c1. The molecular formula is C34H56N4O8. The normalized spacial score (nSPS) is 13.9. The maximum atomic E-state index is 13.1. The number of hydrogen-bond acceptors (Lipinski definition) is 9. The second-order valence-corrected chi connectivity index (χ2v) is 14.5. The molecule has 5 N–H and O–H groups in total. The molecule has 46 heavy (non-hydrogen) atoms. The van der Waals surface area contributed by atoms with Crippen LogP contribution in [0.3, 0.4) is 0 Å². The number of nitrogens with two attached hydrogens (primary N) is 1. The van der Waals surface area contributed by atoms with Crippen LogP contribution in [0.25, 0.3) is 0 Å². The molecule has 0 heterocycles. The number of rotatable bonds is 15. The summed E-state index contributed by atoms with van der Waals surface area (Å²) in [4.78, 5) is 63.8. The number of urea groups is 1. The van der Waals surface area contributed by atoms with Crippen LogP contribution in [0.2, 0.25) is 0 Å². The number of esters is 3.